The zero-order valence-electron chi connectivity index (χ0n) is 21.2. The average molecular weight is 470 g/mol. The summed E-state index contributed by atoms with van der Waals surface area (Å²) in [6.07, 6.45) is 6.39. The Bertz CT molecular complexity index is 788. The van der Waals surface area contributed by atoms with Gasteiger partial charge in [-0.1, -0.05) is 26.7 Å². The van der Waals surface area contributed by atoms with Gasteiger partial charge in [0.25, 0.3) is 0 Å². The predicted molar refractivity (Wildman–Crippen MR) is 138 cm³/mol. The van der Waals surface area contributed by atoms with Gasteiger partial charge in [-0.3, -0.25) is 19.4 Å². The van der Waals surface area contributed by atoms with Crippen molar-refractivity contribution in [3.8, 4) is 0 Å². The third-order valence-electron chi connectivity index (χ3n) is 7.53. The molecule has 34 heavy (non-hydrogen) atoms. The minimum Gasteiger partial charge on any atom is -0.372 e. The third-order valence-corrected chi connectivity index (χ3v) is 7.53. The first kappa shape index (κ1) is 25.0. The number of benzene rings is 1. The Morgan fingerprint density at radius 2 is 1.35 bits per heavy atom. The Labute approximate surface area is 205 Å². The first-order valence-corrected chi connectivity index (χ1v) is 13.3. The minimum absolute atomic E-state index is 0.0309. The molecule has 1 N–H and O–H groups in total. The number of piperazine rings is 1. The van der Waals surface area contributed by atoms with Gasteiger partial charge in [-0.2, -0.15) is 0 Å². The number of hydrogen-bond acceptors (Lipinski definition) is 5. The molecule has 0 aliphatic carbocycles. The Balaban J connectivity index is 1.17. The quantitative estimate of drug-likeness (QED) is 0.694. The number of piperidine rings is 1. The highest BCUT2D eigenvalue weighted by atomic mass is 16.2. The van der Waals surface area contributed by atoms with Crippen LogP contribution in [0.3, 0.4) is 0 Å². The highest BCUT2D eigenvalue weighted by Crippen LogP contribution is 2.22. The molecule has 2 amide bonds. The number of rotatable bonds is 6. The van der Waals surface area contributed by atoms with Gasteiger partial charge in [-0.25, -0.2) is 0 Å². The summed E-state index contributed by atoms with van der Waals surface area (Å²) in [5, 5.41) is 3.05. The Hall–Kier alpha value is -2.12. The Morgan fingerprint density at radius 3 is 1.94 bits per heavy atom. The Kier molecular flexibility index (Phi) is 8.84. The largest absolute Gasteiger partial charge is 0.372 e. The number of hydrogen-bond donors (Lipinski definition) is 1. The van der Waals surface area contributed by atoms with Crippen molar-refractivity contribution >= 4 is 23.2 Å². The van der Waals surface area contributed by atoms with E-state index in [4.69, 9.17) is 0 Å². The molecule has 0 bridgehead atoms. The second-order valence-corrected chi connectivity index (χ2v) is 10.8. The van der Waals surface area contributed by atoms with Gasteiger partial charge in [0.2, 0.25) is 11.8 Å². The molecule has 0 saturated carbocycles. The fourth-order valence-corrected chi connectivity index (χ4v) is 5.75. The summed E-state index contributed by atoms with van der Waals surface area (Å²) in [7, 11) is 0. The van der Waals surface area contributed by atoms with Crippen LogP contribution in [0.2, 0.25) is 0 Å². The molecule has 0 radical (unpaired) electrons. The van der Waals surface area contributed by atoms with Crippen LogP contribution in [0.5, 0.6) is 0 Å². The lowest BCUT2D eigenvalue weighted by atomic mass is 9.92. The number of carbonyl (C=O) groups excluding carboxylic acids is 2. The summed E-state index contributed by atoms with van der Waals surface area (Å²) in [5.74, 6) is 1.47. The molecule has 3 aliphatic heterocycles. The van der Waals surface area contributed by atoms with Crippen LogP contribution in [0, 0.1) is 11.8 Å². The summed E-state index contributed by atoms with van der Waals surface area (Å²) >= 11 is 0. The van der Waals surface area contributed by atoms with Crippen molar-refractivity contribution in [1.82, 2.24) is 14.7 Å². The van der Waals surface area contributed by atoms with E-state index < -0.39 is 0 Å². The van der Waals surface area contributed by atoms with Crippen molar-refractivity contribution in [3.63, 3.8) is 0 Å². The molecule has 0 unspecified atom stereocenters. The van der Waals surface area contributed by atoms with E-state index in [2.05, 4.69) is 50.9 Å². The molecule has 188 valence electrons. The van der Waals surface area contributed by atoms with Gasteiger partial charge in [-0.15, -0.1) is 0 Å². The van der Waals surface area contributed by atoms with E-state index in [0.29, 0.717) is 24.9 Å². The van der Waals surface area contributed by atoms with Crippen molar-refractivity contribution in [3.05, 3.63) is 24.3 Å². The maximum Gasteiger partial charge on any atom is 0.238 e. The molecule has 3 saturated heterocycles. The standard InChI is InChI=1S/C27H43N5O2/c1-22-17-23(2)19-32(18-22)27(34)21-30-15-13-29(14-16-30)20-26(33)28-24-7-9-25(10-8-24)31-11-5-3-4-6-12-31/h7-10,22-23H,3-6,11-21H2,1-2H3,(H,28,33)/t22-,23-/m0/s1. The molecule has 3 heterocycles. The van der Waals surface area contributed by atoms with Gasteiger partial charge in [0.15, 0.2) is 0 Å². The molecular formula is C27H43N5O2. The number of amides is 2. The normalized spacial score (nSPS) is 25.1. The number of nitrogens with one attached hydrogen (secondary N) is 1. The molecule has 3 fully saturated rings. The van der Waals surface area contributed by atoms with E-state index in [1.807, 2.05) is 12.1 Å². The lowest BCUT2D eigenvalue weighted by Gasteiger charge is -2.38. The second-order valence-electron chi connectivity index (χ2n) is 10.8. The van der Waals surface area contributed by atoms with E-state index in [0.717, 1.165) is 58.0 Å². The summed E-state index contributed by atoms with van der Waals surface area (Å²) in [5.41, 5.74) is 2.11. The second kappa shape index (κ2) is 12.0. The van der Waals surface area contributed by atoms with Crippen molar-refractivity contribution < 1.29 is 9.59 Å². The van der Waals surface area contributed by atoms with E-state index in [1.54, 1.807) is 0 Å². The fourth-order valence-electron chi connectivity index (χ4n) is 5.75. The average Bonchev–Trinajstić information content (AvgIpc) is 3.10. The highest BCUT2D eigenvalue weighted by Gasteiger charge is 2.27. The first-order valence-electron chi connectivity index (χ1n) is 13.3. The molecule has 7 nitrogen and oxygen atoms in total. The first-order chi connectivity index (χ1) is 16.5. The van der Waals surface area contributed by atoms with Gasteiger partial charge >= 0.3 is 0 Å². The maximum absolute atomic E-state index is 12.8. The highest BCUT2D eigenvalue weighted by molar-refractivity contribution is 5.92. The van der Waals surface area contributed by atoms with E-state index in [9.17, 15) is 9.59 Å². The zero-order chi connectivity index (χ0) is 23.9. The number of anilines is 2. The SMILES string of the molecule is C[C@H]1C[C@H](C)CN(C(=O)CN2CCN(CC(=O)Nc3ccc(N4CCCCCC4)cc3)CC2)C1. The van der Waals surface area contributed by atoms with Gasteiger partial charge in [0, 0.05) is 63.7 Å². The number of carbonyl (C=O) groups is 2. The van der Waals surface area contributed by atoms with Crippen molar-refractivity contribution in [1.29, 1.82) is 0 Å². The maximum atomic E-state index is 12.8. The predicted octanol–water partition coefficient (Wildman–Crippen LogP) is 3.13. The zero-order valence-corrected chi connectivity index (χ0v) is 21.2. The van der Waals surface area contributed by atoms with E-state index in [1.165, 1.54) is 37.8 Å². The Morgan fingerprint density at radius 1 is 0.794 bits per heavy atom. The molecule has 7 heteroatoms. The van der Waals surface area contributed by atoms with Crippen LogP contribution >= 0.6 is 0 Å². The van der Waals surface area contributed by atoms with Gasteiger partial charge in [0.1, 0.15) is 0 Å². The summed E-state index contributed by atoms with van der Waals surface area (Å²) in [6.45, 7) is 12.7. The molecule has 1 aromatic rings. The third kappa shape index (κ3) is 7.19. The monoisotopic (exact) mass is 469 g/mol. The lowest BCUT2D eigenvalue weighted by Crippen LogP contribution is -2.52. The molecule has 4 rings (SSSR count). The number of nitrogens with zero attached hydrogens (tertiary/aromatic N) is 4. The molecule has 3 aliphatic rings. The summed E-state index contributed by atoms with van der Waals surface area (Å²) in [6, 6.07) is 8.29. The smallest absolute Gasteiger partial charge is 0.238 e. The molecule has 0 spiro atoms. The topological polar surface area (TPSA) is 59.1 Å². The molecule has 1 aromatic carbocycles. The summed E-state index contributed by atoms with van der Waals surface area (Å²) < 4.78 is 0. The fraction of sp³-hybridized carbons (Fsp3) is 0.704. The van der Waals surface area contributed by atoms with Crippen LogP contribution < -0.4 is 10.2 Å². The minimum atomic E-state index is 0.0309. The van der Waals surface area contributed by atoms with Crippen LogP contribution in [0.1, 0.15) is 46.0 Å². The molecule has 2 atom stereocenters. The summed E-state index contributed by atoms with van der Waals surface area (Å²) in [4.78, 5) is 34.3. The van der Waals surface area contributed by atoms with Crippen molar-refractivity contribution in [2.24, 2.45) is 11.8 Å². The van der Waals surface area contributed by atoms with Crippen LogP contribution in [-0.2, 0) is 9.59 Å². The van der Waals surface area contributed by atoms with E-state index >= 15 is 0 Å². The lowest BCUT2D eigenvalue weighted by molar-refractivity contribution is -0.135. The van der Waals surface area contributed by atoms with E-state index in [-0.39, 0.29) is 11.8 Å². The number of likely N-dealkylation sites (tertiary alicyclic amines) is 1. The van der Waals surface area contributed by atoms with Crippen LogP contribution in [0.4, 0.5) is 11.4 Å². The van der Waals surface area contributed by atoms with Crippen LogP contribution in [0.15, 0.2) is 24.3 Å². The molecule has 0 aromatic heterocycles. The van der Waals surface area contributed by atoms with Gasteiger partial charge in [-0.05, 0) is 55.4 Å². The molecular weight excluding hydrogens is 426 g/mol. The van der Waals surface area contributed by atoms with Gasteiger partial charge in [0.05, 0.1) is 13.1 Å². The van der Waals surface area contributed by atoms with Crippen LogP contribution in [-0.4, -0.2) is 92.0 Å². The van der Waals surface area contributed by atoms with Crippen LogP contribution in [0.25, 0.3) is 0 Å². The van der Waals surface area contributed by atoms with Crippen molar-refractivity contribution in [2.45, 2.75) is 46.0 Å². The van der Waals surface area contributed by atoms with Gasteiger partial charge < -0.3 is 15.1 Å². The van der Waals surface area contributed by atoms with Crippen molar-refractivity contribution in [2.75, 3.05) is 75.7 Å².